The molecule has 1 aliphatic rings. The number of rotatable bonds is 4. The first-order chi connectivity index (χ1) is 15.6. The van der Waals surface area contributed by atoms with Crippen molar-refractivity contribution in [3.05, 3.63) is 83.6 Å². The third-order valence-electron chi connectivity index (χ3n) is 6.42. The van der Waals surface area contributed by atoms with Crippen molar-refractivity contribution in [3.63, 3.8) is 0 Å². The summed E-state index contributed by atoms with van der Waals surface area (Å²) >= 11 is 0. The molecule has 1 aliphatic heterocycles. The monoisotopic (exact) mass is 421 g/mol. The van der Waals surface area contributed by atoms with Crippen LogP contribution in [0.4, 0.5) is 0 Å². The van der Waals surface area contributed by atoms with Crippen molar-refractivity contribution in [2.45, 2.75) is 32.4 Å². The summed E-state index contributed by atoms with van der Waals surface area (Å²) < 4.78 is 6.03. The third-order valence-corrected chi connectivity index (χ3v) is 6.42. The zero-order valence-corrected chi connectivity index (χ0v) is 18.3. The van der Waals surface area contributed by atoms with E-state index < -0.39 is 0 Å². The van der Waals surface area contributed by atoms with Crippen LogP contribution in [0.15, 0.2) is 71.3 Å². The molecular formula is C28H27N3O. The standard InChI is InChI=1S/C28H27N3O/c1-19-4-8-21(9-5-19)26-14-28-27(13-25(26)22-10-6-20(15-29)7-11-22)23(18-32-28)16-31-12-2-3-24(30)17-31/h4-11,13-14,18,24H,2-3,12,16-17,30H2,1H3/t24-/m1/s1. The number of benzene rings is 3. The van der Waals surface area contributed by atoms with Crippen LogP contribution in [0.5, 0.6) is 0 Å². The van der Waals surface area contributed by atoms with Gasteiger partial charge in [-0.15, -0.1) is 0 Å². The van der Waals surface area contributed by atoms with Gasteiger partial charge in [-0.25, -0.2) is 0 Å². The molecule has 1 fully saturated rings. The molecule has 4 aromatic rings. The Bertz CT molecular complexity index is 1280. The Morgan fingerprint density at radius 1 is 1.03 bits per heavy atom. The number of nitrogens with two attached hydrogens (primary N) is 1. The minimum Gasteiger partial charge on any atom is -0.464 e. The maximum Gasteiger partial charge on any atom is 0.134 e. The third kappa shape index (κ3) is 4.05. The summed E-state index contributed by atoms with van der Waals surface area (Å²) in [6.07, 6.45) is 4.14. The second-order valence-electron chi connectivity index (χ2n) is 8.85. The number of fused-ring (bicyclic) bond motifs is 1. The quantitative estimate of drug-likeness (QED) is 0.447. The molecule has 0 bridgehead atoms. The van der Waals surface area contributed by atoms with Crippen LogP contribution in [0.25, 0.3) is 33.2 Å². The lowest BCUT2D eigenvalue weighted by molar-refractivity contribution is 0.201. The molecule has 2 heterocycles. The molecule has 160 valence electrons. The van der Waals surface area contributed by atoms with E-state index in [1.165, 1.54) is 11.1 Å². The normalized spacial score (nSPS) is 16.8. The van der Waals surface area contributed by atoms with Crippen LogP contribution in [0.2, 0.25) is 0 Å². The van der Waals surface area contributed by atoms with Gasteiger partial charge in [0.2, 0.25) is 0 Å². The van der Waals surface area contributed by atoms with E-state index in [-0.39, 0.29) is 6.04 Å². The predicted molar refractivity (Wildman–Crippen MR) is 129 cm³/mol. The minimum atomic E-state index is 0.254. The van der Waals surface area contributed by atoms with Crippen LogP contribution in [0.1, 0.15) is 29.5 Å². The number of furan rings is 1. The summed E-state index contributed by atoms with van der Waals surface area (Å²) in [7, 11) is 0. The van der Waals surface area contributed by atoms with Crippen molar-refractivity contribution in [1.29, 1.82) is 5.26 Å². The first-order valence-corrected chi connectivity index (χ1v) is 11.2. The number of nitrogens with zero attached hydrogens (tertiary/aromatic N) is 2. The van der Waals surface area contributed by atoms with E-state index in [9.17, 15) is 5.26 Å². The number of likely N-dealkylation sites (tertiary alicyclic amines) is 1. The predicted octanol–water partition coefficient (Wildman–Crippen LogP) is 5.87. The van der Waals surface area contributed by atoms with E-state index >= 15 is 0 Å². The highest BCUT2D eigenvalue weighted by Crippen LogP contribution is 2.38. The largest absolute Gasteiger partial charge is 0.464 e. The van der Waals surface area contributed by atoms with Crippen molar-refractivity contribution >= 4 is 11.0 Å². The molecular weight excluding hydrogens is 394 g/mol. The first-order valence-electron chi connectivity index (χ1n) is 11.2. The Morgan fingerprint density at radius 2 is 1.72 bits per heavy atom. The van der Waals surface area contributed by atoms with Crippen LogP contribution < -0.4 is 5.73 Å². The Hall–Kier alpha value is -3.39. The highest BCUT2D eigenvalue weighted by molar-refractivity contribution is 5.95. The van der Waals surface area contributed by atoms with Gasteiger partial charge >= 0.3 is 0 Å². The lowest BCUT2D eigenvalue weighted by atomic mass is 9.92. The molecule has 0 saturated carbocycles. The fraction of sp³-hybridized carbons (Fsp3) is 0.250. The second-order valence-corrected chi connectivity index (χ2v) is 8.85. The number of hydrogen-bond donors (Lipinski definition) is 1. The molecule has 1 aromatic heterocycles. The maximum absolute atomic E-state index is 9.21. The summed E-state index contributed by atoms with van der Waals surface area (Å²) in [5.41, 5.74) is 14.7. The van der Waals surface area contributed by atoms with Gasteiger partial charge in [0.15, 0.2) is 0 Å². The molecule has 0 amide bonds. The van der Waals surface area contributed by atoms with Crippen LogP contribution in [0.3, 0.4) is 0 Å². The minimum absolute atomic E-state index is 0.254. The van der Waals surface area contributed by atoms with E-state index in [0.29, 0.717) is 5.56 Å². The number of aryl methyl sites for hydroxylation is 1. The van der Waals surface area contributed by atoms with Gasteiger partial charge in [0.05, 0.1) is 17.9 Å². The highest BCUT2D eigenvalue weighted by Gasteiger charge is 2.20. The molecule has 5 rings (SSSR count). The summed E-state index contributed by atoms with van der Waals surface area (Å²) in [6, 6.07) is 23.3. The van der Waals surface area contributed by atoms with Crippen molar-refractivity contribution in [2.75, 3.05) is 13.1 Å². The molecule has 0 spiro atoms. The molecule has 1 saturated heterocycles. The zero-order valence-electron chi connectivity index (χ0n) is 18.3. The summed E-state index contributed by atoms with van der Waals surface area (Å²) in [5, 5.41) is 10.3. The van der Waals surface area contributed by atoms with E-state index in [2.05, 4.69) is 54.3 Å². The highest BCUT2D eigenvalue weighted by atomic mass is 16.3. The van der Waals surface area contributed by atoms with Crippen LogP contribution in [0, 0.1) is 18.3 Å². The lowest BCUT2D eigenvalue weighted by Crippen LogP contribution is -2.42. The number of piperidine rings is 1. The van der Waals surface area contributed by atoms with Crippen molar-refractivity contribution in [3.8, 4) is 28.3 Å². The van der Waals surface area contributed by atoms with Crippen LogP contribution in [-0.2, 0) is 6.54 Å². The SMILES string of the molecule is Cc1ccc(-c2cc3occ(CN4CCC[C@@H](N)C4)c3cc2-c2ccc(C#N)cc2)cc1. The molecule has 4 nitrogen and oxygen atoms in total. The van der Waals surface area contributed by atoms with Gasteiger partial charge in [0.25, 0.3) is 0 Å². The summed E-state index contributed by atoms with van der Waals surface area (Å²) in [5.74, 6) is 0. The van der Waals surface area contributed by atoms with Gasteiger partial charge in [-0.2, -0.15) is 5.26 Å². The van der Waals surface area contributed by atoms with Gasteiger partial charge in [-0.1, -0.05) is 42.0 Å². The molecule has 3 aromatic carbocycles. The molecule has 2 N–H and O–H groups in total. The lowest BCUT2D eigenvalue weighted by Gasteiger charge is -2.30. The van der Waals surface area contributed by atoms with Crippen LogP contribution >= 0.6 is 0 Å². The van der Waals surface area contributed by atoms with Gasteiger partial charge in [-0.05, 0) is 72.8 Å². The molecule has 0 aliphatic carbocycles. The molecule has 1 atom stereocenters. The average molecular weight is 422 g/mol. The molecule has 4 heteroatoms. The number of nitriles is 1. The van der Waals surface area contributed by atoms with Crippen molar-refractivity contribution < 1.29 is 4.42 Å². The number of hydrogen-bond acceptors (Lipinski definition) is 4. The van der Waals surface area contributed by atoms with Gasteiger partial charge in [0.1, 0.15) is 5.58 Å². The van der Waals surface area contributed by atoms with E-state index in [0.717, 1.165) is 65.7 Å². The Balaban J connectivity index is 1.61. The molecule has 0 radical (unpaired) electrons. The average Bonchev–Trinajstić information content (AvgIpc) is 3.20. The topological polar surface area (TPSA) is 66.2 Å². The van der Waals surface area contributed by atoms with E-state index in [1.807, 2.05) is 30.5 Å². The van der Waals surface area contributed by atoms with Gasteiger partial charge in [-0.3, -0.25) is 4.90 Å². The maximum atomic E-state index is 9.21. The smallest absolute Gasteiger partial charge is 0.134 e. The van der Waals surface area contributed by atoms with Crippen molar-refractivity contribution in [2.24, 2.45) is 5.73 Å². The Kier molecular flexibility index (Phi) is 5.53. The van der Waals surface area contributed by atoms with E-state index in [1.54, 1.807) is 0 Å². The molecule has 0 unspecified atom stereocenters. The van der Waals surface area contributed by atoms with Gasteiger partial charge in [0, 0.05) is 30.1 Å². The Labute approximate surface area is 188 Å². The first kappa shape index (κ1) is 20.5. The van der Waals surface area contributed by atoms with Crippen LogP contribution in [-0.4, -0.2) is 24.0 Å². The van der Waals surface area contributed by atoms with Crippen molar-refractivity contribution in [1.82, 2.24) is 4.90 Å². The summed E-state index contributed by atoms with van der Waals surface area (Å²) in [6.45, 7) is 4.94. The second kappa shape index (κ2) is 8.63. The fourth-order valence-corrected chi connectivity index (χ4v) is 4.66. The fourth-order valence-electron chi connectivity index (χ4n) is 4.66. The van der Waals surface area contributed by atoms with E-state index in [4.69, 9.17) is 10.2 Å². The molecule has 32 heavy (non-hydrogen) atoms. The summed E-state index contributed by atoms with van der Waals surface area (Å²) in [4.78, 5) is 2.42. The zero-order chi connectivity index (χ0) is 22.1. The Morgan fingerprint density at radius 3 is 2.41 bits per heavy atom. The van der Waals surface area contributed by atoms with Gasteiger partial charge < -0.3 is 10.2 Å².